The van der Waals surface area contributed by atoms with Gasteiger partial charge in [-0.25, -0.2) is 0 Å². The molecule has 1 aliphatic heterocycles. The van der Waals surface area contributed by atoms with E-state index in [9.17, 15) is 9.59 Å². The number of hydrogen-bond acceptors (Lipinski definition) is 4. The maximum atomic E-state index is 12.5. The molecule has 25 heavy (non-hydrogen) atoms. The number of carbonyl (C=O) groups excluding carboxylic acids is 2. The standard InChI is InChI=1S/C20H31N3O2/c1-11(2)22-20(25)18-8-16(21)9-23(18)10-17-12(3)7-13(4)19(14(17)5)15(6)24/h7,11,16,18H,8-10,21H2,1-6H3,(H,22,25)/t16-,18+/m1/s1. The maximum absolute atomic E-state index is 12.5. The lowest BCUT2D eigenvalue weighted by Gasteiger charge is -2.27. The molecule has 1 aromatic carbocycles. The monoisotopic (exact) mass is 345 g/mol. The molecule has 3 N–H and O–H groups in total. The van der Waals surface area contributed by atoms with Gasteiger partial charge in [-0.1, -0.05) is 6.07 Å². The summed E-state index contributed by atoms with van der Waals surface area (Å²) in [6.45, 7) is 12.9. The molecule has 1 fully saturated rings. The number of rotatable bonds is 5. The van der Waals surface area contributed by atoms with Crippen LogP contribution in [0.4, 0.5) is 0 Å². The second-order valence-electron chi connectivity index (χ2n) is 7.65. The number of Topliss-reactive ketones (excluding diaryl/α,β-unsaturated/α-hetero) is 1. The van der Waals surface area contributed by atoms with E-state index in [2.05, 4.69) is 23.2 Å². The van der Waals surface area contributed by atoms with Crippen LogP contribution in [-0.4, -0.2) is 41.3 Å². The van der Waals surface area contributed by atoms with Gasteiger partial charge < -0.3 is 11.1 Å². The third-order valence-electron chi connectivity index (χ3n) is 5.01. The fourth-order valence-electron chi connectivity index (χ4n) is 3.98. The minimum atomic E-state index is -0.210. The summed E-state index contributed by atoms with van der Waals surface area (Å²) in [5.74, 6) is 0.126. The van der Waals surface area contributed by atoms with Crippen molar-refractivity contribution in [3.63, 3.8) is 0 Å². The molecule has 1 amide bonds. The van der Waals surface area contributed by atoms with Crippen LogP contribution in [0.2, 0.25) is 0 Å². The Bertz CT molecular complexity index is 682. The van der Waals surface area contributed by atoms with Crippen molar-refractivity contribution in [2.45, 2.75) is 72.6 Å². The van der Waals surface area contributed by atoms with E-state index in [1.54, 1.807) is 6.92 Å². The van der Waals surface area contributed by atoms with Crippen molar-refractivity contribution in [3.05, 3.63) is 33.9 Å². The topological polar surface area (TPSA) is 75.4 Å². The van der Waals surface area contributed by atoms with Crippen LogP contribution in [0, 0.1) is 20.8 Å². The van der Waals surface area contributed by atoms with Gasteiger partial charge in [0.05, 0.1) is 6.04 Å². The fourth-order valence-corrected chi connectivity index (χ4v) is 3.98. The number of likely N-dealkylation sites (tertiary alicyclic amines) is 1. The van der Waals surface area contributed by atoms with Crippen LogP contribution in [0.15, 0.2) is 6.07 Å². The zero-order chi connectivity index (χ0) is 18.9. The summed E-state index contributed by atoms with van der Waals surface area (Å²) in [6, 6.07) is 1.97. The van der Waals surface area contributed by atoms with Crippen molar-refractivity contribution >= 4 is 11.7 Å². The first kappa shape index (κ1) is 19.6. The fraction of sp³-hybridized carbons (Fsp3) is 0.600. The molecule has 5 nitrogen and oxygen atoms in total. The molecule has 1 saturated heterocycles. The first-order chi connectivity index (χ1) is 11.6. The minimum Gasteiger partial charge on any atom is -0.353 e. The van der Waals surface area contributed by atoms with E-state index < -0.39 is 0 Å². The Morgan fingerprint density at radius 3 is 2.48 bits per heavy atom. The van der Waals surface area contributed by atoms with Crippen LogP contribution in [0.25, 0.3) is 0 Å². The third-order valence-corrected chi connectivity index (χ3v) is 5.01. The van der Waals surface area contributed by atoms with Crippen molar-refractivity contribution in [1.29, 1.82) is 0 Å². The Balaban J connectivity index is 2.33. The molecule has 1 aliphatic rings. The smallest absolute Gasteiger partial charge is 0.237 e. The lowest BCUT2D eigenvalue weighted by Crippen LogP contribution is -2.45. The summed E-state index contributed by atoms with van der Waals surface area (Å²) in [5.41, 5.74) is 11.3. The molecular weight excluding hydrogens is 314 g/mol. The summed E-state index contributed by atoms with van der Waals surface area (Å²) >= 11 is 0. The Morgan fingerprint density at radius 1 is 1.28 bits per heavy atom. The van der Waals surface area contributed by atoms with Crippen LogP contribution >= 0.6 is 0 Å². The van der Waals surface area contributed by atoms with Crippen LogP contribution < -0.4 is 11.1 Å². The van der Waals surface area contributed by atoms with E-state index in [1.807, 2.05) is 27.7 Å². The van der Waals surface area contributed by atoms with Crippen LogP contribution in [0.5, 0.6) is 0 Å². The number of aryl methyl sites for hydroxylation is 2. The van der Waals surface area contributed by atoms with Crippen molar-refractivity contribution in [1.82, 2.24) is 10.2 Å². The van der Waals surface area contributed by atoms with E-state index >= 15 is 0 Å². The van der Waals surface area contributed by atoms with Gasteiger partial charge in [0.25, 0.3) is 0 Å². The van der Waals surface area contributed by atoms with Crippen molar-refractivity contribution in [2.75, 3.05) is 6.54 Å². The molecule has 2 rings (SSSR count). The Labute approximate surface area is 151 Å². The summed E-state index contributed by atoms with van der Waals surface area (Å²) in [4.78, 5) is 26.7. The first-order valence-corrected chi connectivity index (χ1v) is 9.02. The number of nitrogens with two attached hydrogens (primary N) is 1. The highest BCUT2D eigenvalue weighted by molar-refractivity contribution is 5.97. The number of benzene rings is 1. The Hall–Kier alpha value is -1.72. The molecule has 0 unspecified atom stereocenters. The highest BCUT2D eigenvalue weighted by Gasteiger charge is 2.35. The van der Waals surface area contributed by atoms with E-state index in [0.717, 1.165) is 27.8 Å². The zero-order valence-electron chi connectivity index (χ0n) is 16.3. The highest BCUT2D eigenvalue weighted by Crippen LogP contribution is 2.27. The quantitative estimate of drug-likeness (QED) is 0.803. The molecule has 0 saturated carbocycles. The molecule has 0 spiro atoms. The van der Waals surface area contributed by atoms with Crippen LogP contribution in [-0.2, 0) is 11.3 Å². The Kier molecular flexibility index (Phi) is 6.01. The number of hydrogen-bond donors (Lipinski definition) is 2. The van der Waals surface area contributed by atoms with Gasteiger partial charge in [-0.15, -0.1) is 0 Å². The number of amides is 1. The number of nitrogens with zero attached hydrogens (tertiary/aromatic N) is 1. The van der Waals surface area contributed by atoms with E-state index in [0.29, 0.717) is 19.5 Å². The maximum Gasteiger partial charge on any atom is 0.237 e. The summed E-state index contributed by atoms with van der Waals surface area (Å²) in [6.07, 6.45) is 0.669. The molecular formula is C20H31N3O2. The van der Waals surface area contributed by atoms with Crippen LogP contribution in [0.3, 0.4) is 0 Å². The Morgan fingerprint density at radius 2 is 1.92 bits per heavy atom. The second-order valence-corrected chi connectivity index (χ2v) is 7.65. The summed E-state index contributed by atoms with van der Waals surface area (Å²) in [7, 11) is 0. The molecule has 0 bridgehead atoms. The van der Waals surface area contributed by atoms with Crippen molar-refractivity contribution in [2.24, 2.45) is 5.73 Å². The second kappa shape index (κ2) is 7.67. The predicted molar refractivity (Wildman–Crippen MR) is 101 cm³/mol. The average Bonchev–Trinajstić information content (AvgIpc) is 2.83. The average molecular weight is 345 g/mol. The van der Waals surface area contributed by atoms with Gasteiger partial charge in [-0.3, -0.25) is 14.5 Å². The highest BCUT2D eigenvalue weighted by atomic mass is 16.2. The molecule has 1 aromatic rings. The molecule has 0 aromatic heterocycles. The summed E-state index contributed by atoms with van der Waals surface area (Å²) < 4.78 is 0. The van der Waals surface area contributed by atoms with E-state index in [1.165, 1.54) is 0 Å². The SMILES string of the molecule is CC(=O)c1c(C)cc(C)c(CN2C[C@H](N)C[C@H]2C(=O)NC(C)C)c1C. The molecule has 0 radical (unpaired) electrons. The van der Waals surface area contributed by atoms with E-state index in [-0.39, 0.29) is 29.8 Å². The zero-order valence-corrected chi connectivity index (χ0v) is 16.3. The van der Waals surface area contributed by atoms with Gasteiger partial charge in [0.2, 0.25) is 5.91 Å². The molecule has 2 atom stereocenters. The van der Waals surface area contributed by atoms with Gasteiger partial charge in [0, 0.05) is 30.7 Å². The van der Waals surface area contributed by atoms with Crippen LogP contribution in [0.1, 0.15) is 59.8 Å². The lowest BCUT2D eigenvalue weighted by molar-refractivity contribution is -0.126. The summed E-state index contributed by atoms with van der Waals surface area (Å²) in [5, 5.41) is 3.00. The van der Waals surface area contributed by atoms with Gasteiger partial charge >= 0.3 is 0 Å². The first-order valence-electron chi connectivity index (χ1n) is 9.02. The third kappa shape index (κ3) is 4.28. The number of carbonyl (C=O) groups is 2. The van der Waals surface area contributed by atoms with Crippen molar-refractivity contribution < 1.29 is 9.59 Å². The normalized spacial score (nSPS) is 21.0. The van der Waals surface area contributed by atoms with E-state index in [4.69, 9.17) is 5.73 Å². The number of ketones is 1. The molecule has 5 heteroatoms. The predicted octanol–water partition coefficient (Wildman–Crippen LogP) is 2.24. The largest absolute Gasteiger partial charge is 0.353 e. The van der Waals surface area contributed by atoms with Gasteiger partial charge in [0.15, 0.2) is 5.78 Å². The number of nitrogens with one attached hydrogen (secondary N) is 1. The molecule has 138 valence electrons. The molecule has 1 heterocycles. The van der Waals surface area contributed by atoms with Crippen molar-refractivity contribution in [3.8, 4) is 0 Å². The minimum absolute atomic E-state index is 0.00116. The van der Waals surface area contributed by atoms with Gasteiger partial charge in [-0.2, -0.15) is 0 Å². The van der Waals surface area contributed by atoms with Gasteiger partial charge in [0.1, 0.15) is 0 Å². The molecule has 0 aliphatic carbocycles. The van der Waals surface area contributed by atoms with Gasteiger partial charge in [-0.05, 0) is 70.2 Å². The lowest BCUT2D eigenvalue weighted by atomic mass is 9.91.